The second kappa shape index (κ2) is 8.72. The number of fused-ring (bicyclic) bond motifs is 1. The minimum absolute atomic E-state index is 0.00765. The fraction of sp³-hybridized carbons (Fsp3) is 0.136. The molecule has 2 heterocycles. The molecule has 2 aromatic carbocycles. The lowest BCUT2D eigenvalue weighted by atomic mass is 10.1. The summed E-state index contributed by atoms with van der Waals surface area (Å²) < 4.78 is 10.6. The van der Waals surface area contributed by atoms with Gasteiger partial charge in [0.05, 0.1) is 30.3 Å². The van der Waals surface area contributed by atoms with Crippen LogP contribution in [0.25, 0.3) is 10.9 Å². The first kappa shape index (κ1) is 20.8. The van der Waals surface area contributed by atoms with Crippen molar-refractivity contribution in [1.29, 1.82) is 0 Å². The Balaban J connectivity index is 1.77. The van der Waals surface area contributed by atoms with Crippen LogP contribution in [0.15, 0.2) is 54.9 Å². The summed E-state index contributed by atoms with van der Waals surface area (Å²) in [6, 6.07) is 14.4. The maximum atomic E-state index is 12.0. The largest absolute Gasteiger partial charge is 0.497 e. The Morgan fingerprint density at radius 1 is 0.938 bits per heavy atom. The molecule has 0 unspecified atom stereocenters. The van der Waals surface area contributed by atoms with Gasteiger partial charge >= 0.3 is 5.69 Å². The van der Waals surface area contributed by atoms with E-state index >= 15 is 0 Å². The van der Waals surface area contributed by atoms with E-state index in [4.69, 9.17) is 9.47 Å². The molecular weight excluding hydrogens is 412 g/mol. The first-order chi connectivity index (χ1) is 15.5. The van der Waals surface area contributed by atoms with Gasteiger partial charge in [-0.1, -0.05) is 6.07 Å². The van der Waals surface area contributed by atoms with Crippen molar-refractivity contribution in [1.82, 2.24) is 15.0 Å². The molecule has 0 saturated heterocycles. The molecule has 4 aromatic rings. The number of hydrogen-bond donors (Lipinski definition) is 2. The lowest BCUT2D eigenvalue weighted by molar-refractivity contribution is -0.383. The molecule has 4 rings (SSSR count). The number of pyridine rings is 1. The van der Waals surface area contributed by atoms with E-state index < -0.39 is 4.92 Å². The van der Waals surface area contributed by atoms with Gasteiger partial charge in [0, 0.05) is 22.8 Å². The van der Waals surface area contributed by atoms with Crippen molar-refractivity contribution in [2.75, 3.05) is 24.9 Å². The second-order valence-corrected chi connectivity index (χ2v) is 6.82. The SMILES string of the molecule is COc1ccc(OC)c(Nc2ncnc(Nc3cccc4nc(C)ccc34)c2[N+](=O)[O-])c1. The Hall–Kier alpha value is -4.47. The standard InChI is InChI=1S/C22H20N6O4/c1-13-7-9-15-16(25-13)5-4-6-17(15)26-21-20(28(29)30)22(24-12-23-21)27-18-11-14(31-2)8-10-19(18)32-3/h4-12H,1-3H3,(H2,23,24,26,27). The number of nitrogens with zero attached hydrogens (tertiary/aromatic N) is 4. The van der Waals surface area contributed by atoms with Crippen molar-refractivity contribution in [3.63, 3.8) is 0 Å². The third-order valence-electron chi connectivity index (χ3n) is 4.79. The van der Waals surface area contributed by atoms with Crippen LogP contribution >= 0.6 is 0 Å². The van der Waals surface area contributed by atoms with E-state index in [2.05, 4.69) is 25.6 Å². The maximum Gasteiger partial charge on any atom is 0.353 e. The van der Waals surface area contributed by atoms with Gasteiger partial charge in [-0.3, -0.25) is 15.1 Å². The molecule has 0 aliphatic rings. The molecule has 2 N–H and O–H groups in total. The third-order valence-corrected chi connectivity index (χ3v) is 4.79. The van der Waals surface area contributed by atoms with Gasteiger partial charge in [0.2, 0.25) is 11.6 Å². The van der Waals surface area contributed by atoms with E-state index in [1.807, 2.05) is 37.3 Å². The Morgan fingerprint density at radius 3 is 2.38 bits per heavy atom. The van der Waals surface area contributed by atoms with Crippen molar-refractivity contribution in [2.45, 2.75) is 6.92 Å². The summed E-state index contributed by atoms with van der Waals surface area (Å²) in [6.07, 6.45) is 1.25. The van der Waals surface area contributed by atoms with Crippen LogP contribution in [0.5, 0.6) is 11.5 Å². The van der Waals surface area contributed by atoms with E-state index in [0.29, 0.717) is 22.9 Å². The highest BCUT2D eigenvalue weighted by Gasteiger charge is 2.24. The van der Waals surface area contributed by atoms with Crippen LogP contribution in [0.4, 0.5) is 28.7 Å². The van der Waals surface area contributed by atoms with Crippen molar-refractivity contribution < 1.29 is 14.4 Å². The number of aryl methyl sites for hydroxylation is 1. The monoisotopic (exact) mass is 432 g/mol. The number of methoxy groups -OCH3 is 2. The van der Waals surface area contributed by atoms with Crippen LogP contribution in [-0.2, 0) is 0 Å². The van der Waals surface area contributed by atoms with E-state index in [-0.39, 0.29) is 17.3 Å². The zero-order valence-electron chi connectivity index (χ0n) is 17.6. The predicted octanol–water partition coefficient (Wildman–Crippen LogP) is 4.75. The van der Waals surface area contributed by atoms with Crippen molar-refractivity contribution >= 4 is 39.6 Å². The Kier molecular flexibility index (Phi) is 5.67. The molecule has 0 saturated carbocycles. The minimum Gasteiger partial charge on any atom is -0.497 e. The topological polar surface area (TPSA) is 124 Å². The zero-order chi connectivity index (χ0) is 22.7. The molecule has 10 heteroatoms. The van der Waals surface area contributed by atoms with Crippen LogP contribution in [0.2, 0.25) is 0 Å². The summed E-state index contributed by atoms with van der Waals surface area (Å²) in [5, 5.41) is 18.8. The van der Waals surface area contributed by atoms with Gasteiger partial charge in [-0.05, 0) is 43.3 Å². The summed E-state index contributed by atoms with van der Waals surface area (Å²) in [7, 11) is 3.03. The quantitative estimate of drug-likeness (QED) is 0.314. The number of nitrogens with one attached hydrogen (secondary N) is 2. The van der Waals surface area contributed by atoms with Gasteiger partial charge in [0.25, 0.3) is 0 Å². The van der Waals surface area contributed by atoms with Crippen LogP contribution in [0.3, 0.4) is 0 Å². The lowest BCUT2D eigenvalue weighted by Crippen LogP contribution is -2.06. The smallest absolute Gasteiger partial charge is 0.353 e. The van der Waals surface area contributed by atoms with Gasteiger partial charge < -0.3 is 20.1 Å². The average molecular weight is 432 g/mol. The number of hydrogen-bond acceptors (Lipinski definition) is 9. The number of rotatable bonds is 7. The highest BCUT2D eigenvalue weighted by atomic mass is 16.6. The van der Waals surface area contributed by atoms with Crippen LogP contribution in [0.1, 0.15) is 5.69 Å². The molecule has 0 fully saturated rings. The Bertz CT molecular complexity index is 1310. The normalized spacial score (nSPS) is 10.6. The number of aromatic nitrogens is 3. The van der Waals surface area contributed by atoms with E-state index in [0.717, 1.165) is 16.6 Å². The number of ether oxygens (including phenoxy) is 2. The average Bonchev–Trinajstić information content (AvgIpc) is 2.79. The summed E-state index contributed by atoms with van der Waals surface area (Å²) in [6.45, 7) is 1.90. The van der Waals surface area contributed by atoms with Gasteiger partial charge in [-0.15, -0.1) is 0 Å². The molecule has 0 bridgehead atoms. The molecule has 0 aliphatic heterocycles. The molecule has 0 radical (unpaired) electrons. The molecule has 10 nitrogen and oxygen atoms in total. The van der Waals surface area contributed by atoms with Crippen LogP contribution < -0.4 is 20.1 Å². The highest BCUT2D eigenvalue weighted by molar-refractivity contribution is 5.94. The molecule has 0 atom stereocenters. The Labute approximate surface area is 183 Å². The molecular formula is C22H20N6O4. The van der Waals surface area contributed by atoms with Crippen molar-refractivity contribution in [3.05, 3.63) is 70.7 Å². The number of anilines is 4. The molecule has 2 aromatic heterocycles. The van der Waals surface area contributed by atoms with E-state index in [1.54, 1.807) is 18.2 Å². The number of nitro groups is 1. The van der Waals surface area contributed by atoms with Crippen molar-refractivity contribution in [2.24, 2.45) is 0 Å². The second-order valence-electron chi connectivity index (χ2n) is 6.82. The van der Waals surface area contributed by atoms with Gasteiger partial charge in [-0.25, -0.2) is 9.97 Å². The summed E-state index contributed by atoms with van der Waals surface area (Å²) >= 11 is 0. The third kappa shape index (κ3) is 4.06. The number of benzene rings is 2. The summed E-state index contributed by atoms with van der Waals surface area (Å²) in [5.41, 5.74) is 2.44. The Morgan fingerprint density at radius 2 is 1.69 bits per heavy atom. The van der Waals surface area contributed by atoms with E-state index in [9.17, 15) is 10.1 Å². The van der Waals surface area contributed by atoms with Crippen molar-refractivity contribution in [3.8, 4) is 11.5 Å². The van der Waals surface area contributed by atoms with E-state index in [1.165, 1.54) is 20.5 Å². The first-order valence-electron chi connectivity index (χ1n) is 9.62. The first-order valence-corrected chi connectivity index (χ1v) is 9.62. The molecule has 0 aliphatic carbocycles. The van der Waals surface area contributed by atoms with Gasteiger partial charge in [0.15, 0.2) is 0 Å². The fourth-order valence-electron chi connectivity index (χ4n) is 3.27. The molecule has 0 spiro atoms. The maximum absolute atomic E-state index is 12.0. The highest BCUT2D eigenvalue weighted by Crippen LogP contribution is 2.37. The van der Waals surface area contributed by atoms with Crippen LogP contribution in [0, 0.1) is 17.0 Å². The summed E-state index contributed by atoms with van der Waals surface area (Å²) in [5.74, 6) is 1.08. The van der Waals surface area contributed by atoms with Gasteiger partial charge in [0.1, 0.15) is 17.8 Å². The fourth-order valence-corrected chi connectivity index (χ4v) is 3.27. The van der Waals surface area contributed by atoms with Gasteiger partial charge in [-0.2, -0.15) is 0 Å². The molecule has 162 valence electrons. The molecule has 32 heavy (non-hydrogen) atoms. The predicted molar refractivity (Wildman–Crippen MR) is 121 cm³/mol. The summed E-state index contributed by atoms with van der Waals surface area (Å²) in [4.78, 5) is 24.2. The lowest BCUT2D eigenvalue weighted by Gasteiger charge is -2.14. The zero-order valence-corrected chi connectivity index (χ0v) is 17.6. The van der Waals surface area contributed by atoms with Crippen LogP contribution in [-0.4, -0.2) is 34.1 Å². The minimum atomic E-state index is -0.537. The molecule has 0 amide bonds.